The lowest BCUT2D eigenvalue weighted by molar-refractivity contribution is -0.136. The number of hydrogen-bond acceptors (Lipinski definition) is 2. The smallest absolute Gasteiger partial charge is 0.307 e. The quantitative estimate of drug-likeness (QED) is 0.650. The highest BCUT2D eigenvalue weighted by Gasteiger charge is 2.04. The van der Waals surface area contributed by atoms with Crippen LogP contribution in [-0.2, 0) is 11.2 Å². The number of carbonyl (C=O) groups is 1. The summed E-state index contributed by atoms with van der Waals surface area (Å²) in [5.74, 6) is -1.44. The number of halogens is 1. The predicted molar refractivity (Wildman–Crippen MR) is 42.2 cm³/mol. The Bertz CT molecular complexity index is 312. The van der Waals surface area contributed by atoms with Crippen LogP contribution in [-0.4, -0.2) is 11.1 Å². The maximum absolute atomic E-state index is 12.5. The van der Waals surface area contributed by atoms with Crippen molar-refractivity contribution in [3.8, 4) is 0 Å². The van der Waals surface area contributed by atoms with Gasteiger partial charge in [0.2, 0.25) is 0 Å². The molecular weight excluding hydrogens is 161 g/mol. The topological polar surface area (TPSA) is 63.3 Å². The first-order valence-corrected chi connectivity index (χ1v) is 3.35. The number of anilines is 1. The normalized spacial score (nSPS) is 9.75. The zero-order chi connectivity index (χ0) is 9.14. The number of nitrogen functional groups attached to an aromatic ring is 1. The van der Waals surface area contributed by atoms with Crippen LogP contribution in [0, 0.1) is 5.82 Å². The van der Waals surface area contributed by atoms with Gasteiger partial charge in [-0.05, 0) is 17.7 Å². The molecular formula is C8H8FNO2. The van der Waals surface area contributed by atoms with Gasteiger partial charge in [-0.25, -0.2) is 4.39 Å². The highest BCUT2D eigenvalue weighted by Crippen LogP contribution is 2.13. The lowest BCUT2D eigenvalue weighted by Crippen LogP contribution is -2.03. The molecule has 0 heterocycles. The summed E-state index contributed by atoms with van der Waals surface area (Å²) in [6, 6.07) is 3.67. The Kier molecular flexibility index (Phi) is 2.28. The van der Waals surface area contributed by atoms with Crippen molar-refractivity contribution in [1.29, 1.82) is 0 Å². The van der Waals surface area contributed by atoms with Crippen molar-refractivity contribution in [2.24, 2.45) is 0 Å². The minimum absolute atomic E-state index is 0.174. The van der Waals surface area contributed by atoms with Crippen LogP contribution in [0.4, 0.5) is 10.1 Å². The second kappa shape index (κ2) is 3.21. The molecule has 0 radical (unpaired) electrons. The van der Waals surface area contributed by atoms with Gasteiger partial charge in [0.25, 0.3) is 0 Å². The second-order valence-electron chi connectivity index (χ2n) is 2.41. The molecule has 0 aliphatic rings. The van der Waals surface area contributed by atoms with Crippen LogP contribution in [0.1, 0.15) is 5.56 Å². The summed E-state index contributed by atoms with van der Waals surface area (Å²) in [5, 5.41) is 8.41. The average molecular weight is 169 g/mol. The van der Waals surface area contributed by atoms with Gasteiger partial charge >= 0.3 is 5.97 Å². The molecule has 1 aromatic carbocycles. The standard InChI is InChI=1S/C8H8FNO2/c9-6-2-1-5(3-8(11)12)7(10)4-6/h1-2,4H,3,10H2,(H,11,12). The molecule has 1 rings (SSSR count). The molecule has 4 heteroatoms. The van der Waals surface area contributed by atoms with Crippen molar-refractivity contribution in [3.05, 3.63) is 29.6 Å². The number of aliphatic carboxylic acids is 1. The van der Waals surface area contributed by atoms with E-state index < -0.39 is 11.8 Å². The summed E-state index contributed by atoms with van der Waals surface area (Å²) in [7, 11) is 0. The van der Waals surface area contributed by atoms with E-state index in [0.29, 0.717) is 5.56 Å². The van der Waals surface area contributed by atoms with E-state index in [2.05, 4.69) is 0 Å². The van der Waals surface area contributed by atoms with E-state index in [9.17, 15) is 9.18 Å². The van der Waals surface area contributed by atoms with Crippen LogP contribution in [0.3, 0.4) is 0 Å². The summed E-state index contributed by atoms with van der Waals surface area (Å²) < 4.78 is 12.5. The van der Waals surface area contributed by atoms with Crippen LogP contribution in [0.5, 0.6) is 0 Å². The van der Waals surface area contributed by atoms with Gasteiger partial charge in [-0.1, -0.05) is 6.07 Å². The van der Waals surface area contributed by atoms with Crippen molar-refractivity contribution in [2.75, 3.05) is 5.73 Å². The number of carboxylic acid groups (broad SMARTS) is 1. The highest BCUT2D eigenvalue weighted by atomic mass is 19.1. The molecule has 0 saturated heterocycles. The van der Waals surface area contributed by atoms with Crippen molar-refractivity contribution in [1.82, 2.24) is 0 Å². The van der Waals surface area contributed by atoms with Crippen molar-refractivity contribution in [3.63, 3.8) is 0 Å². The van der Waals surface area contributed by atoms with Crippen molar-refractivity contribution < 1.29 is 14.3 Å². The Balaban J connectivity index is 2.93. The molecule has 1 aromatic rings. The molecule has 0 fully saturated rings. The first-order chi connectivity index (χ1) is 5.59. The molecule has 0 unspecified atom stereocenters. The Morgan fingerprint density at radius 3 is 2.75 bits per heavy atom. The van der Waals surface area contributed by atoms with Crippen LogP contribution in [0.2, 0.25) is 0 Å². The zero-order valence-electron chi connectivity index (χ0n) is 6.25. The van der Waals surface area contributed by atoms with Crippen LogP contribution < -0.4 is 5.73 Å². The van der Waals surface area contributed by atoms with Gasteiger partial charge in [-0.15, -0.1) is 0 Å². The lowest BCUT2D eigenvalue weighted by Gasteiger charge is -2.01. The molecule has 0 aliphatic carbocycles. The third-order valence-corrected chi connectivity index (χ3v) is 1.45. The average Bonchev–Trinajstić information content (AvgIpc) is 1.94. The Morgan fingerprint density at radius 2 is 2.25 bits per heavy atom. The second-order valence-corrected chi connectivity index (χ2v) is 2.41. The van der Waals surface area contributed by atoms with E-state index in [1.54, 1.807) is 0 Å². The van der Waals surface area contributed by atoms with Gasteiger partial charge in [0.1, 0.15) is 5.82 Å². The number of carboxylic acids is 1. The highest BCUT2D eigenvalue weighted by molar-refractivity contribution is 5.72. The maximum atomic E-state index is 12.5. The summed E-state index contributed by atoms with van der Waals surface area (Å²) in [5.41, 5.74) is 5.98. The SMILES string of the molecule is Nc1cc(F)ccc1CC(=O)O. The van der Waals surface area contributed by atoms with Crippen molar-refractivity contribution >= 4 is 11.7 Å². The molecule has 0 spiro atoms. The van der Waals surface area contributed by atoms with Crippen molar-refractivity contribution in [2.45, 2.75) is 6.42 Å². The van der Waals surface area contributed by atoms with Gasteiger partial charge < -0.3 is 10.8 Å². The fourth-order valence-electron chi connectivity index (χ4n) is 0.890. The summed E-state index contributed by atoms with van der Waals surface area (Å²) in [6.07, 6.45) is -0.174. The minimum atomic E-state index is -0.978. The molecule has 0 atom stereocenters. The van der Waals surface area contributed by atoms with Crippen LogP contribution in [0.15, 0.2) is 18.2 Å². The summed E-state index contributed by atoms with van der Waals surface area (Å²) in [6.45, 7) is 0. The third-order valence-electron chi connectivity index (χ3n) is 1.45. The van der Waals surface area contributed by atoms with Gasteiger partial charge in [-0.2, -0.15) is 0 Å². The first-order valence-electron chi connectivity index (χ1n) is 3.35. The molecule has 0 aliphatic heterocycles. The van der Waals surface area contributed by atoms with E-state index in [4.69, 9.17) is 10.8 Å². The van der Waals surface area contributed by atoms with E-state index in [0.717, 1.165) is 6.07 Å². The molecule has 0 saturated carbocycles. The summed E-state index contributed by atoms with van der Waals surface area (Å²) in [4.78, 5) is 10.3. The third kappa shape index (κ3) is 1.95. The molecule has 0 amide bonds. The summed E-state index contributed by atoms with van der Waals surface area (Å²) >= 11 is 0. The fourth-order valence-corrected chi connectivity index (χ4v) is 0.890. The fraction of sp³-hybridized carbons (Fsp3) is 0.125. The van der Waals surface area contributed by atoms with Gasteiger partial charge in [0.05, 0.1) is 6.42 Å². The Morgan fingerprint density at radius 1 is 1.58 bits per heavy atom. The largest absolute Gasteiger partial charge is 0.481 e. The number of benzene rings is 1. The molecule has 12 heavy (non-hydrogen) atoms. The Labute approximate surface area is 68.6 Å². The molecule has 0 bridgehead atoms. The molecule has 64 valence electrons. The van der Waals surface area contributed by atoms with E-state index in [-0.39, 0.29) is 12.1 Å². The van der Waals surface area contributed by atoms with Crippen LogP contribution in [0.25, 0.3) is 0 Å². The number of nitrogens with two attached hydrogens (primary N) is 1. The number of rotatable bonds is 2. The zero-order valence-corrected chi connectivity index (χ0v) is 6.25. The maximum Gasteiger partial charge on any atom is 0.307 e. The Hall–Kier alpha value is -1.58. The van der Waals surface area contributed by atoms with Gasteiger partial charge in [-0.3, -0.25) is 4.79 Å². The van der Waals surface area contributed by atoms with Gasteiger partial charge in [0.15, 0.2) is 0 Å². The van der Waals surface area contributed by atoms with E-state index >= 15 is 0 Å². The van der Waals surface area contributed by atoms with Crippen LogP contribution >= 0.6 is 0 Å². The minimum Gasteiger partial charge on any atom is -0.481 e. The lowest BCUT2D eigenvalue weighted by atomic mass is 10.1. The number of hydrogen-bond donors (Lipinski definition) is 2. The molecule has 0 aromatic heterocycles. The van der Waals surface area contributed by atoms with E-state index in [1.807, 2.05) is 0 Å². The monoisotopic (exact) mass is 169 g/mol. The van der Waals surface area contributed by atoms with E-state index in [1.165, 1.54) is 12.1 Å². The molecule has 3 nitrogen and oxygen atoms in total. The predicted octanol–water partition coefficient (Wildman–Crippen LogP) is 1.04. The molecule has 3 N–H and O–H groups in total. The first kappa shape index (κ1) is 8.52. The van der Waals surface area contributed by atoms with Gasteiger partial charge in [0, 0.05) is 5.69 Å².